The van der Waals surface area contributed by atoms with E-state index in [9.17, 15) is 0 Å². The van der Waals surface area contributed by atoms with Crippen molar-refractivity contribution < 1.29 is 4.74 Å². The predicted octanol–water partition coefficient (Wildman–Crippen LogP) is 1.61. The maximum atomic E-state index is 5.58. The molecule has 0 saturated carbocycles. The Bertz CT molecular complexity index is 589. The van der Waals surface area contributed by atoms with Crippen LogP contribution >= 0.6 is 0 Å². The standard InChI is InChI=1S/C14H20N4O/c1-9-7-10(2)13(11(8-9)19-4)14-16-12(5-6-15)18(3)17-14/h7-8H,5-6,15H2,1-4H3. The summed E-state index contributed by atoms with van der Waals surface area (Å²) in [6, 6.07) is 4.11. The van der Waals surface area contributed by atoms with Gasteiger partial charge < -0.3 is 10.5 Å². The van der Waals surface area contributed by atoms with Gasteiger partial charge in [0, 0.05) is 13.5 Å². The van der Waals surface area contributed by atoms with E-state index in [0.717, 1.165) is 34.7 Å². The van der Waals surface area contributed by atoms with Crippen LogP contribution in [0, 0.1) is 13.8 Å². The van der Waals surface area contributed by atoms with Crippen molar-refractivity contribution in [3.8, 4) is 17.1 Å². The minimum Gasteiger partial charge on any atom is -0.496 e. The summed E-state index contributed by atoms with van der Waals surface area (Å²) in [4.78, 5) is 4.56. The number of nitrogens with two attached hydrogens (primary N) is 1. The summed E-state index contributed by atoms with van der Waals surface area (Å²) in [5.74, 6) is 2.39. The molecule has 1 aromatic heterocycles. The van der Waals surface area contributed by atoms with Crippen LogP contribution in [0.15, 0.2) is 12.1 Å². The molecule has 0 unspecified atom stereocenters. The molecule has 0 aliphatic rings. The summed E-state index contributed by atoms with van der Waals surface area (Å²) < 4.78 is 7.24. The minimum atomic E-state index is 0.565. The molecule has 0 atom stereocenters. The smallest absolute Gasteiger partial charge is 0.185 e. The number of hydrogen-bond acceptors (Lipinski definition) is 4. The van der Waals surface area contributed by atoms with Gasteiger partial charge in [0.05, 0.1) is 12.7 Å². The molecule has 0 aliphatic heterocycles. The highest BCUT2D eigenvalue weighted by Gasteiger charge is 2.16. The Kier molecular flexibility index (Phi) is 3.85. The van der Waals surface area contributed by atoms with Crippen LogP contribution in [0.3, 0.4) is 0 Å². The van der Waals surface area contributed by atoms with E-state index in [1.54, 1.807) is 11.8 Å². The van der Waals surface area contributed by atoms with Gasteiger partial charge in [-0.2, -0.15) is 5.10 Å². The average molecular weight is 260 g/mol. The quantitative estimate of drug-likeness (QED) is 0.907. The van der Waals surface area contributed by atoms with Crippen LogP contribution in [0.4, 0.5) is 0 Å². The predicted molar refractivity (Wildman–Crippen MR) is 75.2 cm³/mol. The fourth-order valence-electron chi connectivity index (χ4n) is 2.25. The molecule has 2 rings (SSSR count). The maximum absolute atomic E-state index is 5.58. The zero-order chi connectivity index (χ0) is 14.0. The van der Waals surface area contributed by atoms with Crippen molar-refractivity contribution in [2.45, 2.75) is 20.3 Å². The Hall–Kier alpha value is -1.88. The lowest BCUT2D eigenvalue weighted by Crippen LogP contribution is -2.08. The topological polar surface area (TPSA) is 66.0 Å². The zero-order valence-electron chi connectivity index (χ0n) is 11.9. The number of methoxy groups -OCH3 is 1. The molecule has 2 aromatic rings. The second-order valence-electron chi connectivity index (χ2n) is 4.67. The van der Waals surface area contributed by atoms with Gasteiger partial charge in [-0.05, 0) is 37.6 Å². The van der Waals surface area contributed by atoms with E-state index in [4.69, 9.17) is 10.5 Å². The molecule has 5 heteroatoms. The first-order valence-electron chi connectivity index (χ1n) is 6.32. The molecule has 5 nitrogen and oxygen atoms in total. The summed E-state index contributed by atoms with van der Waals surface area (Å²) >= 11 is 0. The fraction of sp³-hybridized carbons (Fsp3) is 0.429. The molecule has 0 spiro atoms. The van der Waals surface area contributed by atoms with Crippen molar-refractivity contribution in [1.82, 2.24) is 14.8 Å². The van der Waals surface area contributed by atoms with Gasteiger partial charge >= 0.3 is 0 Å². The van der Waals surface area contributed by atoms with Gasteiger partial charge in [-0.25, -0.2) is 4.98 Å². The molecule has 0 radical (unpaired) electrons. The lowest BCUT2D eigenvalue weighted by molar-refractivity contribution is 0.415. The van der Waals surface area contributed by atoms with Crippen molar-refractivity contribution in [1.29, 1.82) is 0 Å². The Morgan fingerprint density at radius 1 is 1.32 bits per heavy atom. The van der Waals surface area contributed by atoms with Crippen molar-refractivity contribution in [3.05, 3.63) is 29.1 Å². The first-order chi connectivity index (χ1) is 9.06. The zero-order valence-corrected chi connectivity index (χ0v) is 11.9. The minimum absolute atomic E-state index is 0.565. The summed E-state index contributed by atoms with van der Waals surface area (Å²) in [6.07, 6.45) is 0.719. The lowest BCUT2D eigenvalue weighted by Gasteiger charge is -2.10. The fourth-order valence-corrected chi connectivity index (χ4v) is 2.25. The van der Waals surface area contributed by atoms with Crippen LogP contribution in [0.2, 0.25) is 0 Å². The molecule has 0 amide bonds. The lowest BCUT2D eigenvalue weighted by atomic mass is 10.0. The van der Waals surface area contributed by atoms with E-state index in [1.165, 1.54) is 0 Å². The van der Waals surface area contributed by atoms with Crippen molar-refractivity contribution >= 4 is 0 Å². The van der Waals surface area contributed by atoms with Gasteiger partial charge in [0.2, 0.25) is 0 Å². The molecule has 19 heavy (non-hydrogen) atoms. The number of aromatic nitrogens is 3. The van der Waals surface area contributed by atoms with E-state index in [2.05, 4.69) is 16.1 Å². The molecule has 0 bridgehead atoms. The van der Waals surface area contributed by atoms with E-state index in [1.807, 2.05) is 27.0 Å². The van der Waals surface area contributed by atoms with Crippen LogP contribution < -0.4 is 10.5 Å². The van der Waals surface area contributed by atoms with Crippen LogP contribution in [0.1, 0.15) is 17.0 Å². The largest absolute Gasteiger partial charge is 0.496 e. The van der Waals surface area contributed by atoms with Gasteiger partial charge in [0.1, 0.15) is 11.6 Å². The van der Waals surface area contributed by atoms with E-state index >= 15 is 0 Å². The molecule has 102 valence electrons. The van der Waals surface area contributed by atoms with E-state index in [0.29, 0.717) is 12.4 Å². The maximum Gasteiger partial charge on any atom is 0.185 e. The number of hydrogen-bond donors (Lipinski definition) is 1. The first-order valence-corrected chi connectivity index (χ1v) is 6.32. The third kappa shape index (κ3) is 2.61. The molecule has 1 aromatic carbocycles. The van der Waals surface area contributed by atoms with Gasteiger partial charge in [0.15, 0.2) is 5.82 Å². The Morgan fingerprint density at radius 2 is 2.05 bits per heavy atom. The van der Waals surface area contributed by atoms with E-state index < -0.39 is 0 Å². The molecule has 0 aliphatic carbocycles. The highest BCUT2D eigenvalue weighted by atomic mass is 16.5. The summed E-state index contributed by atoms with van der Waals surface area (Å²) in [7, 11) is 3.55. The SMILES string of the molecule is COc1cc(C)cc(C)c1-c1nc(CCN)n(C)n1. The summed E-state index contributed by atoms with van der Waals surface area (Å²) in [5.41, 5.74) is 8.80. The number of aryl methyl sites for hydroxylation is 3. The van der Waals surface area contributed by atoms with Gasteiger partial charge in [-0.1, -0.05) is 6.07 Å². The highest BCUT2D eigenvalue weighted by Crippen LogP contribution is 2.32. The Labute approximate surface area is 113 Å². The monoisotopic (exact) mass is 260 g/mol. The summed E-state index contributed by atoms with van der Waals surface area (Å²) in [6.45, 7) is 4.66. The number of benzene rings is 1. The molecule has 1 heterocycles. The Morgan fingerprint density at radius 3 is 2.68 bits per heavy atom. The second kappa shape index (κ2) is 5.40. The molecular formula is C14H20N4O. The third-order valence-electron chi connectivity index (χ3n) is 3.11. The van der Waals surface area contributed by atoms with Crippen molar-refractivity contribution in [2.75, 3.05) is 13.7 Å². The molecule has 0 saturated heterocycles. The third-order valence-corrected chi connectivity index (χ3v) is 3.11. The first kappa shape index (κ1) is 13.5. The Balaban J connectivity index is 2.55. The normalized spacial score (nSPS) is 10.8. The van der Waals surface area contributed by atoms with Crippen LogP contribution in [-0.2, 0) is 13.5 Å². The van der Waals surface area contributed by atoms with Gasteiger partial charge in [-0.15, -0.1) is 0 Å². The second-order valence-corrected chi connectivity index (χ2v) is 4.67. The summed E-state index contributed by atoms with van der Waals surface area (Å²) in [5, 5.41) is 4.47. The average Bonchev–Trinajstić information content (AvgIpc) is 2.70. The molecule has 2 N–H and O–H groups in total. The van der Waals surface area contributed by atoms with E-state index in [-0.39, 0.29) is 0 Å². The number of nitrogens with zero attached hydrogens (tertiary/aromatic N) is 3. The highest BCUT2D eigenvalue weighted by molar-refractivity contribution is 5.69. The van der Waals surface area contributed by atoms with Crippen LogP contribution in [0.5, 0.6) is 5.75 Å². The van der Waals surface area contributed by atoms with Gasteiger partial charge in [-0.3, -0.25) is 4.68 Å². The number of rotatable bonds is 4. The van der Waals surface area contributed by atoms with Crippen LogP contribution in [-0.4, -0.2) is 28.4 Å². The van der Waals surface area contributed by atoms with Gasteiger partial charge in [0.25, 0.3) is 0 Å². The number of ether oxygens (including phenoxy) is 1. The van der Waals surface area contributed by atoms with Crippen LogP contribution in [0.25, 0.3) is 11.4 Å². The van der Waals surface area contributed by atoms with Crippen molar-refractivity contribution in [2.24, 2.45) is 12.8 Å². The molecular weight excluding hydrogens is 240 g/mol. The molecule has 0 fully saturated rings. The van der Waals surface area contributed by atoms with Crippen molar-refractivity contribution in [3.63, 3.8) is 0 Å².